The number of rotatable bonds is 0. The Morgan fingerprint density at radius 2 is 1.84 bits per heavy atom. The molecule has 8 fully saturated rings. The second-order valence-corrected chi connectivity index (χ2v) is 13.8. The standard InChI is InChI=1S/C28H30O10/c1-22-10-17-24(3)28-18(22)19(30)27(38-28,34-11-14(22)20(31)35-17)13-9-16-26(36-16)7-4-5-15(29)23(26,2)12(13)6-8-25(28,33)21(32)37-24/h4-5,12-14,16-18,33H,6-11H2,1-3H3/t12-,13+,14-,16-,17+,18-,22-,23-,24-,25-,26-,27+,28-/m0/s1. The van der Waals surface area contributed by atoms with E-state index in [0.29, 0.717) is 12.8 Å². The number of ketones is 2. The molecule has 3 aliphatic carbocycles. The van der Waals surface area contributed by atoms with Crippen LogP contribution in [-0.4, -0.2) is 75.6 Å². The molecule has 3 spiro atoms. The first-order valence-electron chi connectivity index (χ1n) is 13.8. The number of fused-ring (bicyclic) bond motifs is 4. The molecule has 6 aliphatic heterocycles. The Morgan fingerprint density at radius 3 is 2.63 bits per heavy atom. The number of carbonyl (C=O) groups excluding carboxylic acids is 4. The lowest BCUT2D eigenvalue weighted by atomic mass is 9.46. The normalized spacial score (nSPS) is 64.1. The summed E-state index contributed by atoms with van der Waals surface area (Å²) in [4.78, 5) is 55.6. The van der Waals surface area contributed by atoms with Crippen LogP contribution in [0, 0.1) is 34.5 Å². The summed E-state index contributed by atoms with van der Waals surface area (Å²) in [6.45, 7) is 5.27. The number of hydrogen-bond donors (Lipinski definition) is 1. The van der Waals surface area contributed by atoms with Gasteiger partial charge in [0.25, 0.3) is 0 Å². The molecular formula is C28H30O10. The van der Waals surface area contributed by atoms with Gasteiger partial charge in [0, 0.05) is 5.92 Å². The Kier molecular flexibility index (Phi) is 3.47. The number of aliphatic hydroxyl groups is 1. The van der Waals surface area contributed by atoms with Crippen LogP contribution in [0.3, 0.4) is 0 Å². The molecule has 10 nitrogen and oxygen atoms in total. The van der Waals surface area contributed by atoms with Crippen molar-refractivity contribution in [2.75, 3.05) is 6.61 Å². The highest BCUT2D eigenvalue weighted by Gasteiger charge is 2.94. The van der Waals surface area contributed by atoms with Crippen LogP contribution >= 0.6 is 0 Å². The van der Waals surface area contributed by atoms with Gasteiger partial charge in [-0.15, -0.1) is 0 Å². The summed E-state index contributed by atoms with van der Waals surface area (Å²) in [5.41, 5.74) is -8.23. The number of epoxide rings is 1. The lowest BCUT2D eigenvalue weighted by Gasteiger charge is -2.63. The van der Waals surface area contributed by atoms with Crippen molar-refractivity contribution < 1.29 is 48.0 Å². The lowest BCUT2D eigenvalue weighted by molar-refractivity contribution is -0.375. The molecule has 5 bridgehead atoms. The number of carbonyl (C=O) groups is 4. The second kappa shape index (κ2) is 5.82. The largest absolute Gasteiger partial charge is 0.458 e. The maximum atomic E-state index is 14.9. The van der Waals surface area contributed by atoms with E-state index in [4.69, 9.17) is 23.7 Å². The van der Waals surface area contributed by atoms with Crippen molar-refractivity contribution in [1.82, 2.24) is 0 Å². The molecule has 10 heteroatoms. The summed E-state index contributed by atoms with van der Waals surface area (Å²) < 4.78 is 31.5. The van der Waals surface area contributed by atoms with Crippen molar-refractivity contribution in [3.8, 4) is 0 Å². The topological polar surface area (TPSA) is 138 Å². The average molecular weight is 527 g/mol. The number of esters is 2. The van der Waals surface area contributed by atoms with E-state index in [0.717, 1.165) is 0 Å². The van der Waals surface area contributed by atoms with Crippen LogP contribution in [0.1, 0.15) is 52.9 Å². The van der Waals surface area contributed by atoms with Gasteiger partial charge < -0.3 is 28.8 Å². The van der Waals surface area contributed by atoms with E-state index in [2.05, 4.69) is 0 Å². The third kappa shape index (κ3) is 1.79. The summed E-state index contributed by atoms with van der Waals surface area (Å²) in [7, 11) is 0. The van der Waals surface area contributed by atoms with Gasteiger partial charge in [0.15, 0.2) is 28.4 Å². The van der Waals surface area contributed by atoms with Crippen molar-refractivity contribution >= 4 is 23.5 Å². The van der Waals surface area contributed by atoms with Crippen LogP contribution in [0.2, 0.25) is 0 Å². The molecular weight excluding hydrogens is 496 g/mol. The van der Waals surface area contributed by atoms with Gasteiger partial charge in [-0.2, -0.15) is 0 Å². The Bertz CT molecular complexity index is 1340. The van der Waals surface area contributed by atoms with Crippen molar-refractivity contribution in [3.63, 3.8) is 0 Å². The molecule has 0 aromatic carbocycles. The van der Waals surface area contributed by atoms with Gasteiger partial charge in [0.2, 0.25) is 5.79 Å². The molecule has 6 saturated heterocycles. The van der Waals surface area contributed by atoms with E-state index in [1.54, 1.807) is 13.0 Å². The van der Waals surface area contributed by atoms with Gasteiger partial charge in [0.1, 0.15) is 11.7 Å². The van der Waals surface area contributed by atoms with Crippen LogP contribution in [-0.2, 0) is 42.9 Å². The van der Waals surface area contributed by atoms with Crippen LogP contribution in [0.4, 0.5) is 0 Å². The fraction of sp³-hybridized carbons (Fsp3) is 0.786. The van der Waals surface area contributed by atoms with E-state index in [-0.39, 0.29) is 43.5 Å². The maximum Gasteiger partial charge on any atom is 0.342 e. The molecule has 0 unspecified atom stereocenters. The number of hydrogen-bond acceptors (Lipinski definition) is 10. The summed E-state index contributed by atoms with van der Waals surface area (Å²) in [5, 5.41) is 12.4. The van der Waals surface area contributed by atoms with E-state index in [1.165, 1.54) is 0 Å². The molecule has 9 rings (SSSR count). The van der Waals surface area contributed by atoms with Gasteiger partial charge in [-0.05, 0) is 63.4 Å². The molecule has 0 aromatic rings. The molecule has 0 amide bonds. The number of Topliss-reactive ketones (excluding diaryl/α,β-unsaturated/α-hetero) is 1. The summed E-state index contributed by atoms with van der Waals surface area (Å²) in [6.07, 6.45) is 3.82. The maximum absolute atomic E-state index is 14.9. The molecule has 2 saturated carbocycles. The summed E-state index contributed by atoms with van der Waals surface area (Å²) >= 11 is 0. The van der Waals surface area contributed by atoms with Crippen LogP contribution in [0.15, 0.2) is 12.2 Å². The first kappa shape index (κ1) is 22.7. The minimum atomic E-state index is -2.19. The van der Waals surface area contributed by atoms with Gasteiger partial charge >= 0.3 is 11.9 Å². The quantitative estimate of drug-likeness (QED) is 0.356. The SMILES string of the molecule is C[C@]12C[C@H]3OC(=O)[C@@H]1CO[C@]14O[C@@]5([C@H]2C1=O)[C@@]3(C)OC(=O)[C@@]5(O)CC[C@H]1[C@H]4C[C@@H]2O[C@@]23CC=CC(=O)[C@]13C. The van der Waals surface area contributed by atoms with Crippen molar-refractivity contribution in [2.45, 2.75) is 93.3 Å². The first-order chi connectivity index (χ1) is 17.9. The molecule has 6 heterocycles. The predicted molar refractivity (Wildman–Crippen MR) is 122 cm³/mol. The van der Waals surface area contributed by atoms with E-state index >= 15 is 0 Å². The molecule has 9 aliphatic rings. The van der Waals surface area contributed by atoms with E-state index < -0.39 is 80.7 Å². The van der Waals surface area contributed by atoms with Gasteiger partial charge in [-0.3, -0.25) is 14.4 Å². The second-order valence-electron chi connectivity index (χ2n) is 13.8. The van der Waals surface area contributed by atoms with Crippen molar-refractivity contribution in [3.05, 3.63) is 12.2 Å². The Labute approximate surface area is 218 Å². The Hall–Kier alpha value is -2.14. The molecule has 0 aromatic heterocycles. The monoisotopic (exact) mass is 526 g/mol. The van der Waals surface area contributed by atoms with E-state index in [9.17, 15) is 24.3 Å². The molecule has 0 radical (unpaired) electrons. The Morgan fingerprint density at radius 1 is 1.05 bits per heavy atom. The molecule has 13 atom stereocenters. The molecule has 202 valence electrons. The van der Waals surface area contributed by atoms with E-state index in [1.807, 2.05) is 19.9 Å². The lowest BCUT2D eigenvalue weighted by Crippen LogP contribution is -2.79. The third-order valence-corrected chi connectivity index (χ3v) is 12.9. The number of ether oxygens (including phenoxy) is 5. The van der Waals surface area contributed by atoms with Crippen LogP contribution in [0.25, 0.3) is 0 Å². The highest BCUT2D eigenvalue weighted by molar-refractivity contribution is 6.00. The minimum Gasteiger partial charge on any atom is -0.458 e. The zero-order chi connectivity index (χ0) is 26.5. The zero-order valence-electron chi connectivity index (χ0n) is 21.5. The predicted octanol–water partition coefficient (Wildman–Crippen LogP) is 0.768. The average Bonchev–Trinajstić information content (AvgIpc) is 3.45. The number of allylic oxidation sites excluding steroid dienone is 1. The zero-order valence-corrected chi connectivity index (χ0v) is 21.5. The fourth-order valence-electron chi connectivity index (χ4n) is 10.9. The van der Waals surface area contributed by atoms with Crippen molar-refractivity contribution in [1.29, 1.82) is 0 Å². The molecule has 38 heavy (non-hydrogen) atoms. The fourth-order valence-corrected chi connectivity index (χ4v) is 10.9. The van der Waals surface area contributed by atoms with Crippen molar-refractivity contribution in [2.24, 2.45) is 34.5 Å². The third-order valence-electron chi connectivity index (χ3n) is 12.9. The minimum absolute atomic E-state index is 0.0583. The first-order valence-corrected chi connectivity index (χ1v) is 13.8. The summed E-state index contributed by atoms with van der Waals surface area (Å²) in [6, 6.07) is 0. The smallest absolute Gasteiger partial charge is 0.342 e. The van der Waals surface area contributed by atoms with Gasteiger partial charge in [-0.1, -0.05) is 13.0 Å². The summed E-state index contributed by atoms with van der Waals surface area (Å²) in [5.74, 6) is -6.56. The highest BCUT2D eigenvalue weighted by atomic mass is 16.8. The van der Waals surface area contributed by atoms with Gasteiger partial charge in [-0.25, -0.2) is 4.79 Å². The highest BCUT2D eigenvalue weighted by Crippen LogP contribution is 2.77. The van der Waals surface area contributed by atoms with Crippen LogP contribution < -0.4 is 0 Å². The van der Waals surface area contributed by atoms with Gasteiger partial charge in [0.05, 0.1) is 30.0 Å². The molecule has 1 N–H and O–H groups in total. The Balaban J connectivity index is 1.34. The van der Waals surface area contributed by atoms with Crippen LogP contribution in [0.5, 0.6) is 0 Å².